The van der Waals surface area contributed by atoms with Crippen LogP contribution in [0.25, 0.3) is 0 Å². The van der Waals surface area contributed by atoms with Crippen molar-refractivity contribution in [3.8, 4) is 5.75 Å². The van der Waals surface area contributed by atoms with Crippen LogP contribution >= 0.6 is 27.7 Å². The Morgan fingerprint density at radius 2 is 1.96 bits per heavy atom. The van der Waals surface area contributed by atoms with Gasteiger partial charge in [-0.2, -0.15) is 4.31 Å². The molecular formula is C18H21BrN2O3S2. The zero-order valence-electron chi connectivity index (χ0n) is 14.5. The second kappa shape index (κ2) is 8.73. The van der Waals surface area contributed by atoms with Crippen LogP contribution in [-0.2, 0) is 15.8 Å². The van der Waals surface area contributed by atoms with Gasteiger partial charge in [0.2, 0.25) is 10.0 Å². The zero-order valence-corrected chi connectivity index (χ0v) is 17.7. The fourth-order valence-corrected chi connectivity index (χ4v) is 5.65. The minimum atomic E-state index is -3.42. The van der Waals surface area contributed by atoms with E-state index in [0.29, 0.717) is 13.1 Å². The third kappa shape index (κ3) is 4.60. The standard InChI is InChI=1S/C18H21BrN2O3S2/c1-24-17-7-5-14(11-16(17)19)13-25-18-8-6-15(12-20-18)26(22,23)21-9-3-2-4-10-21/h5-8,11-12H,2-4,9-10,13H2,1H3. The van der Waals surface area contributed by atoms with Crippen LogP contribution in [0.3, 0.4) is 0 Å². The fraction of sp³-hybridized carbons (Fsp3) is 0.389. The third-order valence-electron chi connectivity index (χ3n) is 4.26. The maximum absolute atomic E-state index is 12.6. The number of halogens is 1. The number of sulfonamides is 1. The number of hydrogen-bond acceptors (Lipinski definition) is 5. The number of piperidine rings is 1. The Hall–Kier alpha value is -1.09. The summed E-state index contributed by atoms with van der Waals surface area (Å²) in [5.41, 5.74) is 1.13. The third-order valence-corrected chi connectivity index (χ3v) is 7.78. The number of hydrogen-bond donors (Lipinski definition) is 0. The van der Waals surface area contributed by atoms with E-state index in [1.165, 1.54) is 6.20 Å². The number of ether oxygens (including phenoxy) is 1. The summed E-state index contributed by atoms with van der Waals surface area (Å²) in [4.78, 5) is 4.61. The molecule has 1 saturated heterocycles. The van der Waals surface area contributed by atoms with Crippen LogP contribution in [0.1, 0.15) is 24.8 Å². The molecule has 26 heavy (non-hydrogen) atoms. The molecule has 1 fully saturated rings. The van der Waals surface area contributed by atoms with E-state index in [2.05, 4.69) is 20.9 Å². The highest BCUT2D eigenvalue weighted by Crippen LogP contribution is 2.29. The van der Waals surface area contributed by atoms with E-state index in [-0.39, 0.29) is 4.90 Å². The first-order valence-corrected chi connectivity index (χ1v) is 11.6. The van der Waals surface area contributed by atoms with Crippen molar-refractivity contribution in [1.29, 1.82) is 0 Å². The van der Waals surface area contributed by atoms with Gasteiger partial charge in [-0.25, -0.2) is 13.4 Å². The van der Waals surface area contributed by atoms with Crippen LogP contribution in [-0.4, -0.2) is 37.9 Å². The first-order chi connectivity index (χ1) is 12.5. The number of aromatic nitrogens is 1. The Kier molecular flexibility index (Phi) is 6.60. The van der Waals surface area contributed by atoms with Crippen LogP contribution in [0.15, 0.2) is 50.9 Å². The monoisotopic (exact) mass is 456 g/mol. The smallest absolute Gasteiger partial charge is 0.244 e. The van der Waals surface area contributed by atoms with Gasteiger partial charge in [0.25, 0.3) is 0 Å². The highest BCUT2D eigenvalue weighted by atomic mass is 79.9. The van der Waals surface area contributed by atoms with Crippen molar-refractivity contribution < 1.29 is 13.2 Å². The molecule has 0 aliphatic carbocycles. The maximum atomic E-state index is 12.6. The van der Waals surface area contributed by atoms with E-state index in [9.17, 15) is 8.42 Å². The Balaban J connectivity index is 1.65. The molecule has 8 heteroatoms. The van der Waals surface area contributed by atoms with Crippen molar-refractivity contribution in [2.45, 2.75) is 34.9 Å². The van der Waals surface area contributed by atoms with Gasteiger partial charge < -0.3 is 4.74 Å². The quantitative estimate of drug-likeness (QED) is 0.605. The van der Waals surface area contributed by atoms with E-state index in [0.717, 1.165) is 45.8 Å². The average molecular weight is 457 g/mol. The molecule has 3 rings (SSSR count). The van der Waals surface area contributed by atoms with Crippen molar-refractivity contribution in [3.63, 3.8) is 0 Å². The summed E-state index contributed by atoms with van der Waals surface area (Å²) in [6.45, 7) is 1.20. The molecule has 1 aromatic heterocycles. The van der Waals surface area contributed by atoms with Gasteiger partial charge in [0, 0.05) is 25.0 Å². The molecule has 0 saturated carbocycles. The number of methoxy groups -OCH3 is 1. The SMILES string of the molecule is COc1ccc(CSc2ccc(S(=O)(=O)N3CCCCC3)cn2)cc1Br. The van der Waals surface area contributed by atoms with Gasteiger partial charge >= 0.3 is 0 Å². The van der Waals surface area contributed by atoms with Gasteiger partial charge in [-0.05, 0) is 58.6 Å². The zero-order chi connectivity index (χ0) is 18.6. The molecule has 2 aromatic rings. The summed E-state index contributed by atoms with van der Waals surface area (Å²) in [5.74, 6) is 1.54. The lowest BCUT2D eigenvalue weighted by Gasteiger charge is -2.25. The topological polar surface area (TPSA) is 59.5 Å². The second-order valence-corrected chi connectivity index (χ2v) is 9.84. The summed E-state index contributed by atoms with van der Waals surface area (Å²) >= 11 is 5.05. The average Bonchev–Trinajstić information content (AvgIpc) is 2.67. The molecule has 0 amide bonds. The molecule has 1 aromatic carbocycles. The number of pyridine rings is 1. The van der Waals surface area contributed by atoms with Crippen molar-refractivity contribution in [3.05, 3.63) is 46.6 Å². The van der Waals surface area contributed by atoms with Crippen LogP contribution in [0.4, 0.5) is 0 Å². The lowest BCUT2D eigenvalue weighted by molar-refractivity contribution is 0.346. The number of thioether (sulfide) groups is 1. The largest absolute Gasteiger partial charge is 0.496 e. The summed E-state index contributed by atoms with van der Waals surface area (Å²) in [6.07, 6.45) is 4.42. The first kappa shape index (κ1) is 19.7. The molecule has 0 N–H and O–H groups in total. The number of rotatable bonds is 6. The molecule has 0 spiro atoms. The summed E-state index contributed by atoms with van der Waals surface area (Å²) in [5, 5.41) is 0.800. The lowest BCUT2D eigenvalue weighted by atomic mass is 10.2. The van der Waals surface area contributed by atoms with Gasteiger partial charge in [0.15, 0.2) is 0 Å². The predicted molar refractivity (Wildman–Crippen MR) is 107 cm³/mol. The van der Waals surface area contributed by atoms with Crippen molar-refractivity contribution in [2.75, 3.05) is 20.2 Å². The van der Waals surface area contributed by atoms with E-state index < -0.39 is 10.0 Å². The van der Waals surface area contributed by atoms with Gasteiger partial charge in [-0.3, -0.25) is 0 Å². The van der Waals surface area contributed by atoms with Crippen LogP contribution in [0.2, 0.25) is 0 Å². The molecule has 0 atom stereocenters. The van der Waals surface area contributed by atoms with Crippen molar-refractivity contribution >= 4 is 37.7 Å². The predicted octanol–water partition coefficient (Wildman–Crippen LogP) is 4.32. The van der Waals surface area contributed by atoms with Crippen LogP contribution < -0.4 is 4.74 Å². The van der Waals surface area contributed by atoms with Gasteiger partial charge in [-0.15, -0.1) is 11.8 Å². The van der Waals surface area contributed by atoms with Crippen molar-refractivity contribution in [1.82, 2.24) is 9.29 Å². The summed E-state index contributed by atoms with van der Waals surface area (Å²) < 4.78 is 33.0. The van der Waals surface area contributed by atoms with Gasteiger partial charge in [0.05, 0.1) is 16.6 Å². The lowest BCUT2D eigenvalue weighted by Crippen LogP contribution is -2.35. The minimum absolute atomic E-state index is 0.274. The van der Waals surface area contributed by atoms with Crippen LogP contribution in [0, 0.1) is 0 Å². The Labute approximate surface area is 167 Å². The molecule has 0 unspecified atom stereocenters. The normalized spacial score (nSPS) is 15.8. The van der Waals surface area contributed by atoms with Gasteiger partial charge in [0.1, 0.15) is 10.6 Å². The Bertz CT molecular complexity index is 851. The summed E-state index contributed by atoms with van der Waals surface area (Å²) in [7, 11) is -1.78. The summed E-state index contributed by atoms with van der Waals surface area (Å²) in [6, 6.07) is 9.37. The number of benzene rings is 1. The molecule has 5 nitrogen and oxygen atoms in total. The minimum Gasteiger partial charge on any atom is -0.496 e. The highest BCUT2D eigenvalue weighted by molar-refractivity contribution is 9.10. The Morgan fingerprint density at radius 3 is 2.58 bits per heavy atom. The van der Waals surface area contributed by atoms with E-state index in [1.807, 2.05) is 18.2 Å². The first-order valence-electron chi connectivity index (χ1n) is 8.42. The van der Waals surface area contributed by atoms with E-state index in [1.54, 1.807) is 35.3 Å². The van der Waals surface area contributed by atoms with Crippen LogP contribution in [0.5, 0.6) is 5.75 Å². The molecule has 0 radical (unpaired) electrons. The highest BCUT2D eigenvalue weighted by Gasteiger charge is 2.26. The molecule has 2 heterocycles. The number of nitrogens with zero attached hydrogens (tertiary/aromatic N) is 2. The van der Waals surface area contributed by atoms with Gasteiger partial charge in [-0.1, -0.05) is 12.5 Å². The molecule has 0 bridgehead atoms. The maximum Gasteiger partial charge on any atom is 0.244 e. The van der Waals surface area contributed by atoms with Crippen molar-refractivity contribution in [2.24, 2.45) is 0 Å². The Morgan fingerprint density at radius 1 is 1.19 bits per heavy atom. The molecule has 1 aliphatic heterocycles. The molecule has 140 valence electrons. The molecule has 1 aliphatic rings. The molecular weight excluding hydrogens is 436 g/mol. The van der Waals surface area contributed by atoms with E-state index >= 15 is 0 Å². The fourth-order valence-electron chi connectivity index (χ4n) is 2.82. The second-order valence-electron chi connectivity index (χ2n) is 6.05. The van der Waals surface area contributed by atoms with E-state index in [4.69, 9.17) is 4.74 Å².